The van der Waals surface area contributed by atoms with E-state index in [1.165, 1.54) is 38.9 Å². The first-order chi connectivity index (χ1) is 6.31. The van der Waals surface area contributed by atoms with E-state index < -0.39 is 0 Å². The second kappa shape index (κ2) is 3.97. The summed E-state index contributed by atoms with van der Waals surface area (Å²) in [6.45, 7) is 6.42. The van der Waals surface area contributed by atoms with Gasteiger partial charge in [0.25, 0.3) is 0 Å². The largest absolute Gasteiger partial charge is 0.317 e. The fourth-order valence-electron chi connectivity index (χ4n) is 2.57. The lowest BCUT2D eigenvalue weighted by Crippen LogP contribution is -2.52. The molecule has 1 heterocycles. The predicted octanol–water partition coefficient (Wildman–Crippen LogP) is 1.33. The van der Waals surface area contributed by atoms with Crippen molar-refractivity contribution < 1.29 is 0 Å². The Morgan fingerprint density at radius 2 is 1.92 bits per heavy atom. The van der Waals surface area contributed by atoms with Crippen LogP contribution in [-0.2, 0) is 0 Å². The fourth-order valence-corrected chi connectivity index (χ4v) is 2.57. The molecule has 0 unspecified atom stereocenters. The van der Waals surface area contributed by atoms with Gasteiger partial charge in [-0.3, -0.25) is 0 Å². The van der Waals surface area contributed by atoms with Crippen LogP contribution in [0.5, 0.6) is 0 Å². The molecule has 1 aliphatic heterocycles. The van der Waals surface area contributed by atoms with Crippen molar-refractivity contribution >= 4 is 0 Å². The van der Waals surface area contributed by atoms with Crippen molar-refractivity contribution in [1.29, 1.82) is 0 Å². The third-order valence-electron chi connectivity index (χ3n) is 3.77. The van der Waals surface area contributed by atoms with Gasteiger partial charge in [-0.05, 0) is 31.7 Å². The van der Waals surface area contributed by atoms with Crippen LogP contribution in [0, 0.1) is 11.8 Å². The van der Waals surface area contributed by atoms with E-state index in [1.54, 1.807) is 0 Å². The third kappa shape index (κ3) is 2.05. The van der Waals surface area contributed by atoms with E-state index in [-0.39, 0.29) is 0 Å². The summed E-state index contributed by atoms with van der Waals surface area (Å²) in [7, 11) is 2.08. The van der Waals surface area contributed by atoms with Crippen LogP contribution in [0.25, 0.3) is 0 Å². The quantitative estimate of drug-likeness (QED) is 0.705. The van der Waals surface area contributed by atoms with Gasteiger partial charge in [-0.15, -0.1) is 0 Å². The predicted molar refractivity (Wildman–Crippen MR) is 55.8 cm³/mol. The topological polar surface area (TPSA) is 15.3 Å². The summed E-state index contributed by atoms with van der Waals surface area (Å²) in [6.07, 6.45) is 4.19. The lowest BCUT2D eigenvalue weighted by molar-refractivity contribution is 0.0528. The highest BCUT2D eigenvalue weighted by atomic mass is 15.2. The minimum Gasteiger partial charge on any atom is -0.317 e. The molecule has 0 amide bonds. The molecule has 0 atom stereocenters. The maximum atomic E-state index is 3.34. The van der Waals surface area contributed by atoms with Crippen LogP contribution in [0.4, 0.5) is 0 Å². The number of rotatable bonds is 4. The van der Waals surface area contributed by atoms with Gasteiger partial charge in [0.2, 0.25) is 0 Å². The Hall–Kier alpha value is -0.0800. The van der Waals surface area contributed by atoms with Gasteiger partial charge in [-0.1, -0.05) is 13.3 Å². The molecule has 1 saturated carbocycles. The molecule has 0 spiro atoms. The molecular formula is C11H22N2. The minimum atomic E-state index is 0.827. The highest BCUT2D eigenvalue weighted by Crippen LogP contribution is 2.30. The zero-order valence-corrected chi connectivity index (χ0v) is 8.92. The van der Waals surface area contributed by atoms with Gasteiger partial charge in [0, 0.05) is 25.7 Å². The van der Waals surface area contributed by atoms with Gasteiger partial charge in [-0.25, -0.2) is 0 Å². The van der Waals surface area contributed by atoms with Crippen LogP contribution in [0.15, 0.2) is 0 Å². The van der Waals surface area contributed by atoms with Gasteiger partial charge in [-0.2, -0.15) is 0 Å². The Labute approximate surface area is 81.7 Å². The van der Waals surface area contributed by atoms with Crippen molar-refractivity contribution in [1.82, 2.24) is 10.2 Å². The lowest BCUT2D eigenvalue weighted by Gasteiger charge is -2.45. The second-order valence-corrected chi connectivity index (χ2v) is 4.82. The fraction of sp³-hybridized carbons (Fsp3) is 1.00. The number of likely N-dealkylation sites (tertiary alicyclic amines) is 1. The summed E-state index contributed by atoms with van der Waals surface area (Å²) in [5, 5.41) is 3.34. The standard InChI is InChI=1S/C11H22N2/c1-3-9-6-13(7-9)8-10-4-11(5-10)12-2/h9-12H,3-8H2,1-2H3. The minimum absolute atomic E-state index is 0.827. The molecular weight excluding hydrogens is 160 g/mol. The summed E-state index contributed by atoms with van der Waals surface area (Å²) in [6, 6.07) is 0.827. The molecule has 2 rings (SSSR count). The monoisotopic (exact) mass is 182 g/mol. The first-order valence-electron chi connectivity index (χ1n) is 5.71. The molecule has 2 nitrogen and oxygen atoms in total. The molecule has 0 aromatic rings. The van der Waals surface area contributed by atoms with Crippen molar-refractivity contribution in [3.05, 3.63) is 0 Å². The SMILES string of the molecule is CCC1CN(CC2CC(NC)C2)C1. The molecule has 0 bridgehead atoms. The molecule has 0 aromatic heterocycles. The molecule has 2 heteroatoms. The molecule has 0 aromatic carbocycles. The van der Waals surface area contributed by atoms with E-state index >= 15 is 0 Å². The van der Waals surface area contributed by atoms with Crippen molar-refractivity contribution in [2.24, 2.45) is 11.8 Å². The highest BCUT2D eigenvalue weighted by Gasteiger charge is 2.33. The number of hydrogen-bond donors (Lipinski definition) is 1. The Morgan fingerprint density at radius 3 is 2.46 bits per heavy atom. The van der Waals surface area contributed by atoms with E-state index in [1.807, 2.05) is 0 Å². The van der Waals surface area contributed by atoms with E-state index in [4.69, 9.17) is 0 Å². The second-order valence-electron chi connectivity index (χ2n) is 4.82. The maximum absolute atomic E-state index is 3.34. The summed E-state index contributed by atoms with van der Waals surface area (Å²) in [5.41, 5.74) is 0. The van der Waals surface area contributed by atoms with E-state index in [0.717, 1.165) is 17.9 Å². The summed E-state index contributed by atoms with van der Waals surface area (Å²) >= 11 is 0. The van der Waals surface area contributed by atoms with Crippen LogP contribution in [0.2, 0.25) is 0 Å². The third-order valence-corrected chi connectivity index (χ3v) is 3.77. The molecule has 2 aliphatic rings. The van der Waals surface area contributed by atoms with Crippen molar-refractivity contribution in [2.45, 2.75) is 32.2 Å². The van der Waals surface area contributed by atoms with Crippen molar-refractivity contribution in [3.63, 3.8) is 0 Å². The van der Waals surface area contributed by atoms with Crippen molar-refractivity contribution in [3.8, 4) is 0 Å². The van der Waals surface area contributed by atoms with Crippen LogP contribution in [-0.4, -0.2) is 37.6 Å². The van der Waals surface area contributed by atoms with Gasteiger partial charge < -0.3 is 10.2 Å². The lowest BCUT2D eigenvalue weighted by atomic mass is 9.79. The number of nitrogens with one attached hydrogen (secondary N) is 1. The first kappa shape index (κ1) is 9.47. The van der Waals surface area contributed by atoms with Gasteiger partial charge in [0.15, 0.2) is 0 Å². The molecule has 76 valence electrons. The summed E-state index contributed by atoms with van der Waals surface area (Å²) < 4.78 is 0. The van der Waals surface area contributed by atoms with Gasteiger partial charge >= 0.3 is 0 Å². The average molecular weight is 182 g/mol. The molecule has 1 N–H and O–H groups in total. The molecule has 1 saturated heterocycles. The van der Waals surface area contributed by atoms with E-state index in [2.05, 4.69) is 24.2 Å². The molecule has 0 radical (unpaired) electrons. The molecule has 2 fully saturated rings. The Balaban J connectivity index is 1.56. The van der Waals surface area contributed by atoms with Crippen LogP contribution in [0.1, 0.15) is 26.2 Å². The normalized spacial score (nSPS) is 35.5. The van der Waals surface area contributed by atoms with Gasteiger partial charge in [0.1, 0.15) is 0 Å². The van der Waals surface area contributed by atoms with Gasteiger partial charge in [0.05, 0.1) is 0 Å². The Kier molecular flexibility index (Phi) is 2.89. The number of nitrogens with zero attached hydrogens (tertiary/aromatic N) is 1. The zero-order valence-electron chi connectivity index (χ0n) is 8.92. The maximum Gasteiger partial charge on any atom is 0.00703 e. The van der Waals surface area contributed by atoms with Crippen LogP contribution in [0.3, 0.4) is 0 Å². The van der Waals surface area contributed by atoms with Crippen molar-refractivity contribution in [2.75, 3.05) is 26.7 Å². The summed E-state index contributed by atoms with van der Waals surface area (Å²) in [4.78, 5) is 2.63. The highest BCUT2D eigenvalue weighted by molar-refractivity contribution is 4.88. The Bertz CT molecular complexity index is 139. The Morgan fingerprint density at radius 1 is 1.23 bits per heavy atom. The van der Waals surface area contributed by atoms with E-state index in [0.29, 0.717) is 0 Å². The van der Waals surface area contributed by atoms with E-state index in [9.17, 15) is 0 Å². The van der Waals surface area contributed by atoms with Crippen LogP contribution < -0.4 is 5.32 Å². The average Bonchev–Trinajstić information content (AvgIpc) is 1.99. The summed E-state index contributed by atoms with van der Waals surface area (Å²) in [5.74, 6) is 2.01. The van der Waals surface area contributed by atoms with Crippen LogP contribution >= 0.6 is 0 Å². The number of hydrogen-bond acceptors (Lipinski definition) is 2. The molecule has 1 aliphatic carbocycles. The smallest absolute Gasteiger partial charge is 0.00703 e. The zero-order chi connectivity index (χ0) is 9.26. The first-order valence-corrected chi connectivity index (χ1v) is 5.71. The molecule has 13 heavy (non-hydrogen) atoms.